The molecule has 25 heavy (non-hydrogen) atoms. The van der Waals surface area contributed by atoms with E-state index in [1.807, 2.05) is 11.8 Å². The van der Waals surface area contributed by atoms with Crippen LogP contribution in [0.1, 0.15) is 32.6 Å². The molecule has 2 N–H and O–H groups in total. The summed E-state index contributed by atoms with van der Waals surface area (Å²) in [7, 11) is 1.75. The van der Waals surface area contributed by atoms with Gasteiger partial charge in [-0.05, 0) is 32.1 Å². The predicted octanol–water partition coefficient (Wildman–Crippen LogP) is 1.48. The molecule has 2 amide bonds. The summed E-state index contributed by atoms with van der Waals surface area (Å²) < 4.78 is 5.69. The lowest BCUT2D eigenvalue weighted by molar-refractivity contribution is -0.138. The van der Waals surface area contributed by atoms with E-state index in [4.69, 9.17) is 9.84 Å². The quantitative estimate of drug-likeness (QED) is 0.703. The summed E-state index contributed by atoms with van der Waals surface area (Å²) in [6.45, 7) is 4.26. The molecule has 1 aliphatic heterocycles. The Bertz CT molecular complexity index is 450. The number of thioether (sulfide) groups is 1. The lowest BCUT2D eigenvalue weighted by Crippen LogP contribution is -2.54. The number of carbonyl (C=O) groups excluding carboxylic acids is 1. The molecule has 0 aromatic carbocycles. The Balaban J connectivity index is 1.77. The van der Waals surface area contributed by atoms with Gasteiger partial charge in [0.1, 0.15) is 0 Å². The van der Waals surface area contributed by atoms with Crippen LogP contribution in [0, 0.1) is 0 Å². The lowest BCUT2D eigenvalue weighted by Gasteiger charge is -2.36. The van der Waals surface area contributed by atoms with Crippen molar-refractivity contribution in [3.8, 4) is 0 Å². The van der Waals surface area contributed by atoms with Crippen molar-refractivity contribution in [3.63, 3.8) is 0 Å². The highest BCUT2D eigenvalue weighted by Crippen LogP contribution is 2.28. The molecule has 7 nitrogen and oxygen atoms in total. The fourth-order valence-corrected chi connectivity index (χ4v) is 4.76. The third kappa shape index (κ3) is 7.03. The third-order valence-electron chi connectivity index (χ3n) is 4.70. The van der Waals surface area contributed by atoms with Gasteiger partial charge in [-0.3, -0.25) is 9.69 Å². The van der Waals surface area contributed by atoms with Crippen LogP contribution in [0.25, 0.3) is 0 Å². The maximum absolute atomic E-state index is 12.6. The van der Waals surface area contributed by atoms with Crippen molar-refractivity contribution in [2.75, 3.05) is 45.6 Å². The second-order valence-electron chi connectivity index (χ2n) is 6.92. The molecule has 3 atom stereocenters. The van der Waals surface area contributed by atoms with Gasteiger partial charge in [0.2, 0.25) is 0 Å². The van der Waals surface area contributed by atoms with Crippen LogP contribution >= 0.6 is 11.8 Å². The molecule has 8 heteroatoms. The van der Waals surface area contributed by atoms with E-state index in [1.165, 1.54) is 12.8 Å². The first kappa shape index (κ1) is 20.3. The van der Waals surface area contributed by atoms with E-state index in [0.717, 1.165) is 18.6 Å². The summed E-state index contributed by atoms with van der Waals surface area (Å²) in [6, 6.07) is 0.252. The van der Waals surface area contributed by atoms with Crippen LogP contribution in [-0.4, -0.2) is 89.9 Å². The van der Waals surface area contributed by atoms with Crippen molar-refractivity contribution in [2.45, 2.75) is 50.0 Å². The lowest BCUT2D eigenvalue weighted by atomic mass is 9.95. The Labute approximate surface area is 154 Å². The fraction of sp³-hybridized carbons (Fsp3) is 0.882. The molecule has 2 fully saturated rings. The topological polar surface area (TPSA) is 82.1 Å². The number of aliphatic carboxylic acids is 1. The monoisotopic (exact) mass is 373 g/mol. The predicted molar refractivity (Wildman–Crippen MR) is 99.2 cm³/mol. The van der Waals surface area contributed by atoms with Gasteiger partial charge in [0.25, 0.3) is 0 Å². The summed E-state index contributed by atoms with van der Waals surface area (Å²) in [5, 5.41) is 12.7. The first-order valence-electron chi connectivity index (χ1n) is 9.17. The van der Waals surface area contributed by atoms with Gasteiger partial charge in [0, 0.05) is 30.9 Å². The van der Waals surface area contributed by atoms with E-state index in [0.29, 0.717) is 31.5 Å². The Hall–Kier alpha value is -0.990. The molecule has 1 aliphatic carbocycles. The van der Waals surface area contributed by atoms with Crippen LogP contribution < -0.4 is 5.32 Å². The van der Waals surface area contributed by atoms with Crippen LogP contribution in [0.15, 0.2) is 0 Å². The maximum Gasteiger partial charge on any atom is 0.317 e. The van der Waals surface area contributed by atoms with Gasteiger partial charge in [0.05, 0.1) is 19.3 Å². The molecule has 0 aromatic heterocycles. The van der Waals surface area contributed by atoms with Gasteiger partial charge in [0.15, 0.2) is 0 Å². The van der Waals surface area contributed by atoms with Crippen LogP contribution in [0.4, 0.5) is 4.79 Å². The standard InChI is InChI=1S/C17H31N3O4S/c1-3-25-15-6-4-5-13(9-15)18-17(23)20-7-8-24-14(11-20)10-19(2)12-16(21)22/h13-15H,3-12H2,1-2H3,(H,18,23)(H,21,22). The van der Waals surface area contributed by atoms with Crippen molar-refractivity contribution in [1.29, 1.82) is 0 Å². The van der Waals surface area contributed by atoms with Gasteiger partial charge in [-0.1, -0.05) is 13.3 Å². The minimum Gasteiger partial charge on any atom is -0.480 e. The van der Waals surface area contributed by atoms with Gasteiger partial charge < -0.3 is 20.1 Å². The van der Waals surface area contributed by atoms with Crippen molar-refractivity contribution < 1.29 is 19.4 Å². The molecule has 2 aliphatic rings. The Morgan fingerprint density at radius 1 is 1.40 bits per heavy atom. The maximum atomic E-state index is 12.6. The van der Waals surface area contributed by atoms with E-state index in [2.05, 4.69) is 12.2 Å². The summed E-state index contributed by atoms with van der Waals surface area (Å²) in [5.41, 5.74) is 0. The zero-order valence-corrected chi connectivity index (χ0v) is 16.1. The third-order valence-corrected chi connectivity index (χ3v) is 5.94. The highest BCUT2D eigenvalue weighted by atomic mass is 32.2. The SMILES string of the molecule is CCSC1CCCC(NC(=O)N2CCOC(CN(C)CC(=O)O)C2)C1. The van der Waals surface area contributed by atoms with Crippen LogP contribution in [0.2, 0.25) is 0 Å². The first-order valence-corrected chi connectivity index (χ1v) is 10.2. The molecule has 1 heterocycles. The van der Waals surface area contributed by atoms with E-state index in [-0.39, 0.29) is 24.7 Å². The molecule has 0 bridgehead atoms. The molecular weight excluding hydrogens is 342 g/mol. The number of urea groups is 1. The zero-order chi connectivity index (χ0) is 18.2. The highest BCUT2D eigenvalue weighted by molar-refractivity contribution is 7.99. The average Bonchev–Trinajstić information content (AvgIpc) is 2.55. The number of morpholine rings is 1. The number of nitrogens with zero attached hydrogens (tertiary/aromatic N) is 2. The molecule has 0 radical (unpaired) electrons. The summed E-state index contributed by atoms with van der Waals surface area (Å²) in [6.07, 6.45) is 4.40. The molecule has 1 saturated carbocycles. The number of hydrogen-bond donors (Lipinski definition) is 2. The number of rotatable bonds is 7. The first-order chi connectivity index (χ1) is 12.0. The molecule has 0 spiro atoms. The molecule has 0 aromatic rings. The van der Waals surface area contributed by atoms with E-state index in [1.54, 1.807) is 16.8 Å². The molecule has 3 unspecified atom stereocenters. The Morgan fingerprint density at radius 3 is 2.92 bits per heavy atom. The molecule has 2 rings (SSSR count). The number of hydrogen-bond acceptors (Lipinski definition) is 5. The minimum atomic E-state index is -0.857. The van der Waals surface area contributed by atoms with E-state index >= 15 is 0 Å². The number of likely N-dealkylation sites (N-methyl/N-ethyl adjacent to an activating group) is 1. The summed E-state index contributed by atoms with van der Waals surface area (Å²) in [5.74, 6) is 0.269. The molecular formula is C17H31N3O4S. The average molecular weight is 374 g/mol. The van der Waals surface area contributed by atoms with E-state index in [9.17, 15) is 9.59 Å². The van der Waals surface area contributed by atoms with Gasteiger partial charge >= 0.3 is 12.0 Å². The number of ether oxygens (including phenoxy) is 1. The highest BCUT2D eigenvalue weighted by Gasteiger charge is 2.28. The second kappa shape index (κ2) is 10.2. The summed E-state index contributed by atoms with van der Waals surface area (Å²) >= 11 is 1.99. The Kier molecular flexibility index (Phi) is 8.32. The van der Waals surface area contributed by atoms with Crippen molar-refractivity contribution in [3.05, 3.63) is 0 Å². The summed E-state index contributed by atoms with van der Waals surface area (Å²) in [4.78, 5) is 26.9. The fourth-order valence-electron chi connectivity index (χ4n) is 3.59. The van der Waals surface area contributed by atoms with Crippen LogP contribution in [0.3, 0.4) is 0 Å². The number of carbonyl (C=O) groups is 2. The normalized spacial score (nSPS) is 27.3. The molecule has 144 valence electrons. The largest absolute Gasteiger partial charge is 0.480 e. The van der Waals surface area contributed by atoms with Crippen molar-refractivity contribution in [1.82, 2.24) is 15.1 Å². The second-order valence-corrected chi connectivity index (χ2v) is 8.50. The number of nitrogens with one attached hydrogen (secondary N) is 1. The Morgan fingerprint density at radius 2 is 2.20 bits per heavy atom. The number of amides is 2. The van der Waals surface area contributed by atoms with Gasteiger partial charge in [-0.2, -0.15) is 11.8 Å². The smallest absolute Gasteiger partial charge is 0.317 e. The van der Waals surface area contributed by atoms with Crippen LogP contribution in [-0.2, 0) is 9.53 Å². The minimum absolute atomic E-state index is 0.0127. The zero-order valence-electron chi connectivity index (χ0n) is 15.3. The van der Waals surface area contributed by atoms with Crippen LogP contribution in [0.5, 0.6) is 0 Å². The van der Waals surface area contributed by atoms with E-state index < -0.39 is 5.97 Å². The molecule has 1 saturated heterocycles. The van der Waals surface area contributed by atoms with Crippen molar-refractivity contribution >= 4 is 23.8 Å². The van der Waals surface area contributed by atoms with Gasteiger partial charge in [-0.15, -0.1) is 0 Å². The van der Waals surface area contributed by atoms with Crippen molar-refractivity contribution in [2.24, 2.45) is 0 Å². The number of carboxylic acids is 1. The van der Waals surface area contributed by atoms with Gasteiger partial charge in [-0.25, -0.2) is 4.79 Å². The number of carboxylic acid groups (broad SMARTS) is 1.